The minimum atomic E-state index is -2.85. The van der Waals surface area contributed by atoms with Crippen LogP contribution in [-0.2, 0) is 9.84 Å². The van der Waals surface area contributed by atoms with Crippen LogP contribution in [0, 0.1) is 12.7 Å². The Morgan fingerprint density at radius 1 is 1.33 bits per heavy atom. The van der Waals surface area contributed by atoms with Crippen LogP contribution in [0.15, 0.2) is 16.6 Å². The van der Waals surface area contributed by atoms with Crippen LogP contribution in [0.3, 0.4) is 0 Å². The molecule has 0 atom stereocenters. The molecule has 0 unspecified atom stereocenters. The van der Waals surface area contributed by atoms with E-state index in [1.54, 1.807) is 6.07 Å². The van der Waals surface area contributed by atoms with Crippen LogP contribution in [0.25, 0.3) is 0 Å². The van der Waals surface area contributed by atoms with E-state index in [1.807, 2.05) is 6.92 Å². The fourth-order valence-corrected chi connectivity index (χ4v) is 4.01. The van der Waals surface area contributed by atoms with Gasteiger partial charge >= 0.3 is 0 Å². The molecule has 0 aromatic heterocycles. The summed E-state index contributed by atoms with van der Waals surface area (Å²) in [6, 6.07) is 3.27. The Balaban J connectivity index is 2.09. The predicted molar refractivity (Wildman–Crippen MR) is 74.1 cm³/mol. The van der Waals surface area contributed by atoms with Gasteiger partial charge in [-0.15, -0.1) is 0 Å². The lowest BCUT2D eigenvalue weighted by Crippen LogP contribution is -2.32. The lowest BCUT2D eigenvalue weighted by atomic mass is 10.1. The van der Waals surface area contributed by atoms with E-state index in [-0.39, 0.29) is 23.4 Å². The topological polar surface area (TPSA) is 46.2 Å². The zero-order chi connectivity index (χ0) is 13.3. The molecular weight excluding hydrogens is 321 g/mol. The quantitative estimate of drug-likeness (QED) is 0.903. The van der Waals surface area contributed by atoms with Crippen molar-refractivity contribution in [2.24, 2.45) is 0 Å². The molecule has 100 valence electrons. The molecule has 18 heavy (non-hydrogen) atoms. The molecule has 1 fully saturated rings. The van der Waals surface area contributed by atoms with Crippen LogP contribution in [0.2, 0.25) is 0 Å². The number of nitrogens with one attached hydrogen (secondary N) is 1. The van der Waals surface area contributed by atoms with E-state index in [0.29, 0.717) is 17.3 Å². The third kappa shape index (κ3) is 3.23. The number of halogens is 2. The Bertz CT molecular complexity index is 545. The standard InChI is InChI=1S/C12H15BrFNO2S/c1-8-6-10(13)11(14)7-12(8)15-9-2-4-18(16,17)5-3-9/h6-7,9,15H,2-5H2,1H3. The van der Waals surface area contributed by atoms with Gasteiger partial charge in [-0.05, 0) is 53.4 Å². The number of rotatable bonds is 2. The largest absolute Gasteiger partial charge is 0.382 e. The molecule has 1 aliphatic heterocycles. The third-order valence-corrected chi connectivity index (χ3v) is 5.50. The molecule has 0 spiro atoms. The Hall–Kier alpha value is -0.620. The lowest BCUT2D eigenvalue weighted by molar-refractivity contribution is 0.559. The highest BCUT2D eigenvalue weighted by atomic mass is 79.9. The van der Waals surface area contributed by atoms with Crippen molar-refractivity contribution in [1.82, 2.24) is 0 Å². The zero-order valence-electron chi connectivity index (χ0n) is 10.0. The maximum absolute atomic E-state index is 13.5. The summed E-state index contributed by atoms with van der Waals surface area (Å²) in [7, 11) is -2.85. The second kappa shape index (κ2) is 5.17. The number of aryl methyl sites for hydroxylation is 1. The molecule has 1 N–H and O–H groups in total. The summed E-state index contributed by atoms with van der Waals surface area (Å²) in [6.07, 6.45) is 1.17. The molecule has 0 amide bonds. The van der Waals surface area contributed by atoms with Gasteiger partial charge in [-0.25, -0.2) is 12.8 Å². The Morgan fingerprint density at radius 3 is 2.56 bits per heavy atom. The van der Waals surface area contributed by atoms with Crippen molar-refractivity contribution in [3.8, 4) is 0 Å². The smallest absolute Gasteiger partial charge is 0.150 e. The molecule has 2 rings (SSSR count). The Labute approximate surface area is 115 Å². The average Bonchev–Trinajstić information content (AvgIpc) is 2.28. The van der Waals surface area contributed by atoms with Gasteiger partial charge in [-0.2, -0.15) is 0 Å². The van der Waals surface area contributed by atoms with Crippen molar-refractivity contribution < 1.29 is 12.8 Å². The first-order valence-electron chi connectivity index (χ1n) is 5.80. The summed E-state index contributed by atoms with van der Waals surface area (Å²) >= 11 is 3.14. The minimum absolute atomic E-state index is 0.104. The van der Waals surface area contributed by atoms with E-state index in [2.05, 4.69) is 21.2 Å². The van der Waals surface area contributed by atoms with Crippen molar-refractivity contribution in [3.63, 3.8) is 0 Å². The van der Waals surface area contributed by atoms with Gasteiger partial charge in [0, 0.05) is 11.7 Å². The number of hydrogen-bond donors (Lipinski definition) is 1. The van der Waals surface area contributed by atoms with Gasteiger partial charge in [0.15, 0.2) is 0 Å². The molecular formula is C12H15BrFNO2S. The molecule has 1 aromatic carbocycles. The van der Waals surface area contributed by atoms with Gasteiger partial charge in [0.2, 0.25) is 0 Å². The number of anilines is 1. The van der Waals surface area contributed by atoms with Crippen LogP contribution >= 0.6 is 15.9 Å². The van der Waals surface area contributed by atoms with Crippen molar-refractivity contribution in [2.45, 2.75) is 25.8 Å². The summed E-state index contributed by atoms with van der Waals surface area (Å²) in [5, 5.41) is 3.23. The highest BCUT2D eigenvalue weighted by Gasteiger charge is 2.23. The van der Waals surface area contributed by atoms with Crippen molar-refractivity contribution >= 4 is 31.5 Å². The van der Waals surface area contributed by atoms with Crippen molar-refractivity contribution in [1.29, 1.82) is 0 Å². The van der Waals surface area contributed by atoms with Crippen LogP contribution in [0.5, 0.6) is 0 Å². The molecule has 3 nitrogen and oxygen atoms in total. The molecule has 1 heterocycles. The van der Waals surface area contributed by atoms with Crippen molar-refractivity contribution in [2.75, 3.05) is 16.8 Å². The summed E-state index contributed by atoms with van der Waals surface area (Å²) in [5.41, 5.74) is 1.68. The fourth-order valence-electron chi connectivity index (χ4n) is 2.06. The monoisotopic (exact) mass is 335 g/mol. The maximum Gasteiger partial charge on any atom is 0.150 e. The van der Waals surface area contributed by atoms with Crippen LogP contribution < -0.4 is 5.32 Å². The van der Waals surface area contributed by atoms with E-state index < -0.39 is 9.84 Å². The van der Waals surface area contributed by atoms with Gasteiger partial charge in [0.05, 0.1) is 16.0 Å². The number of hydrogen-bond acceptors (Lipinski definition) is 3. The lowest BCUT2D eigenvalue weighted by Gasteiger charge is -2.25. The molecule has 1 aliphatic rings. The Morgan fingerprint density at radius 2 is 1.94 bits per heavy atom. The molecule has 1 aromatic rings. The van der Waals surface area contributed by atoms with Gasteiger partial charge in [0.1, 0.15) is 15.7 Å². The first-order chi connectivity index (χ1) is 8.37. The number of benzene rings is 1. The molecule has 0 aliphatic carbocycles. The van der Waals surface area contributed by atoms with Gasteiger partial charge < -0.3 is 5.32 Å². The summed E-state index contributed by atoms with van der Waals surface area (Å²) in [4.78, 5) is 0. The highest BCUT2D eigenvalue weighted by Crippen LogP contribution is 2.26. The molecule has 0 radical (unpaired) electrons. The van der Waals surface area contributed by atoms with Crippen molar-refractivity contribution in [3.05, 3.63) is 28.0 Å². The number of sulfone groups is 1. The molecule has 6 heteroatoms. The second-order valence-electron chi connectivity index (χ2n) is 4.65. The van der Waals surface area contributed by atoms with Gasteiger partial charge in [-0.3, -0.25) is 0 Å². The highest BCUT2D eigenvalue weighted by molar-refractivity contribution is 9.10. The first kappa shape index (κ1) is 13.8. The minimum Gasteiger partial charge on any atom is -0.382 e. The summed E-state index contributed by atoms with van der Waals surface area (Å²) < 4.78 is 36.5. The average molecular weight is 336 g/mol. The van der Waals surface area contributed by atoms with Crippen LogP contribution in [-0.4, -0.2) is 26.0 Å². The SMILES string of the molecule is Cc1cc(Br)c(F)cc1NC1CCS(=O)(=O)CC1. The van der Waals surface area contributed by atoms with Crippen LogP contribution in [0.1, 0.15) is 18.4 Å². The second-order valence-corrected chi connectivity index (χ2v) is 7.81. The fraction of sp³-hybridized carbons (Fsp3) is 0.500. The van der Waals surface area contributed by atoms with Gasteiger partial charge in [-0.1, -0.05) is 0 Å². The molecule has 0 saturated carbocycles. The van der Waals surface area contributed by atoms with E-state index in [1.165, 1.54) is 6.07 Å². The normalized spacial score (nSPS) is 19.7. The third-order valence-electron chi connectivity index (χ3n) is 3.18. The van der Waals surface area contributed by atoms with E-state index in [9.17, 15) is 12.8 Å². The predicted octanol–water partition coefficient (Wildman–Crippen LogP) is 2.89. The summed E-state index contributed by atoms with van der Waals surface area (Å²) in [6.45, 7) is 1.89. The van der Waals surface area contributed by atoms with Gasteiger partial charge in [0.25, 0.3) is 0 Å². The van der Waals surface area contributed by atoms with E-state index in [0.717, 1.165) is 11.3 Å². The van der Waals surface area contributed by atoms with E-state index in [4.69, 9.17) is 0 Å². The van der Waals surface area contributed by atoms with E-state index >= 15 is 0 Å². The maximum atomic E-state index is 13.5. The Kier molecular flexibility index (Phi) is 3.96. The molecule has 1 saturated heterocycles. The molecule has 0 bridgehead atoms. The summed E-state index contributed by atoms with van der Waals surface area (Å²) in [5.74, 6) is 0.109. The first-order valence-corrected chi connectivity index (χ1v) is 8.41. The van der Waals surface area contributed by atoms with Crippen LogP contribution in [0.4, 0.5) is 10.1 Å². The zero-order valence-corrected chi connectivity index (χ0v) is 12.4.